The third kappa shape index (κ3) is 3.70. The van der Waals surface area contributed by atoms with E-state index in [1.54, 1.807) is 6.92 Å². The smallest absolute Gasteiger partial charge is 0.310 e. The number of nitrogens with zero attached hydrogens (tertiary/aromatic N) is 2. The van der Waals surface area contributed by atoms with Gasteiger partial charge in [0.25, 0.3) is 0 Å². The fourth-order valence-corrected chi connectivity index (χ4v) is 2.63. The van der Waals surface area contributed by atoms with Gasteiger partial charge in [0.05, 0.1) is 18.7 Å². The molecular weight excluding hydrogens is 296 g/mol. The number of carbonyl (C=O) groups excluding carboxylic acids is 2. The van der Waals surface area contributed by atoms with Crippen molar-refractivity contribution in [1.82, 2.24) is 9.38 Å². The number of pyridine rings is 1. The van der Waals surface area contributed by atoms with E-state index in [0.717, 1.165) is 5.56 Å². The highest BCUT2D eigenvalue weighted by Crippen LogP contribution is 2.40. The second-order valence-corrected chi connectivity index (χ2v) is 5.80. The van der Waals surface area contributed by atoms with Crippen LogP contribution in [0.15, 0.2) is 18.5 Å². The predicted octanol–water partition coefficient (Wildman–Crippen LogP) is 2.38. The Hall–Kier alpha value is -2.37. The Kier molecular flexibility index (Phi) is 4.32. The average molecular weight is 316 g/mol. The van der Waals surface area contributed by atoms with Gasteiger partial charge in [-0.1, -0.05) is 0 Å². The molecule has 0 saturated heterocycles. The number of imidazole rings is 1. The van der Waals surface area contributed by atoms with Gasteiger partial charge in [0.1, 0.15) is 12.3 Å². The summed E-state index contributed by atoms with van der Waals surface area (Å²) in [5.74, 6) is -0.0287. The molecule has 0 aliphatic heterocycles. The van der Waals surface area contributed by atoms with Crippen molar-refractivity contribution in [2.24, 2.45) is 0 Å². The lowest BCUT2D eigenvalue weighted by Gasteiger charge is -2.07. The first-order valence-electron chi connectivity index (χ1n) is 7.86. The largest absolute Gasteiger partial charge is 0.466 e. The maximum absolute atomic E-state index is 11.8. The number of hydrogen-bond acceptors (Lipinski definition) is 5. The van der Waals surface area contributed by atoms with E-state index in [9.17, 15) is 9.59 Å². The van der Waals surface area contributed by atoms with E-state index in [-0.39, 0.29) is 25.0 Å². The highest BCUT2D eigenvalue weighted by Gasteiger charge is 2.25. The van der Waals surface area contributed by atoms with Gasteiger partial charge in [-0.2, -0.15) is 0 Å². The molecule has 23 heavy (non-hydrogen) atoms. The molecular formula is C17H20N2O4. The molecule has 3 rings (SSSR count). The Balaban J connectivity index is 1.93. The van der Waals surface area contributed by atoms with E-state index in [1.807, 2.05) is 22.9 Å². The third-order valence-electron chi connectivity index (χ3n) is 3.81. The number of aromatic nitrogens is 2. The number of fused-ring (bicyclic) bond motifs is 1. The molecule has 0 spiro atoms. The van der Waals surface area contributed by atoms with Crippen molar-refractivity contribution in [3.63, 3.8) is 0 Å². The SMILES string of the molecule is CCOC(=O)Cc1cc(C2CC2)cn2cc(COC(C)=O)nc12. The van der Waals surface area contributed by atoms with Crippen LogP contribution < -0.4 is 0 Å². The lowest BCUT2D eigenvalue weighted by molar-refractivity contribution is -0.143. The van der Waals surface area contributed by atoms with Crippen molar-refractivity contribution in [3.05, 3.63) is 35.3 Å². The maximum Gasteiger partial charge on any atom is 0.310 e. The van der Waals surface area contributed by atoms with Crippen molar-refractivity contribution in [2.45, 2.75) is 45.6 Å². The molecule has 1 aliphatic rings. The van der Waals surface area contributed by atoms with Crippen LogP contribution in [0.1, 0.15) is 49.4 Å². The molecule has 6 nitrogen and oxygen atoms in total. The van der Waals surface area contributed by atoms with Gasteiger partial charge in [0.15, 0.2) is 0 Å². The standard InChI is InChI=1S/C17H20N2O4/c1-3-22-16(21)7-13-6-14(12-4-5-12)8-19-9-15(18-17(13)19)10-23-11(2)20/h6,8-9,12H,3-5,7,10H2,1-2H3. The molecule has 0 N–H and O–H groups in total. The van der Waals surface area contributed by atoms with Gasteiger partial charge in [-0.15, -0.1) is 0 Å². The molecule has 2 aromatic rings. The number of rotatable bonds is 6. The van der Waals surface area contributed by atoms with E-state index in [2.05, 4.69) is 4.98 Å². The normalized spacial score (nSPS) is 14.0. The molecule has 6 heteroatoms. The molecule has 0 unspecified atom stereocenters. The van der Waals surface area contributed by atoms with E-state index in [0.29, 0.717) is 23.9 Å². The molecule has 1 fully saturated rings. The third-order valence-corrected chi connectivity index (χ3v) is 3.81. The van der Waals surface area contributed by atoms with E-state index in [1.165, 1.54) is 25.3 Å². The summed E-state index contributed by atoms with van der Waals surface area (Å²) in [6.45, 7) is 3.66. The molecule has 0 aromatic carbocycles. The fraction of sp³-hybridized carbons (Fsp3) is 0.471. The minimum Gasteiger partial charge on any atom is -0.466 e. The molecule has 0 bridgehead atoms. The second-order valence-electron chi connectivity index (χ2n) is 5.80. The molecule has 0 atom stereocenters. The lowest BCUT2D eigenvalue weighted by atomic mass is 10.1. The van der Waals surface area contributed by atoms with Crippen LogP contribution in [-0.4, -0.2) is 27.9 Å². The van der Waals surface area contributed by atoms with Gasteiger partial charge in [-0.05, 0) is 37.3 Å². The zero-order chi connectivity index (χ0) is 16.4. The van der Waals surface area contributed by atoms with Crippen LogP contribution in [0, 0.1) is 0 Å². The molecule has 0 amide bonds. The molecule has 2 heterocycles. The Morgan fingerprint density at radius 3 is 2.74 bits per heavy atom. The second kappa shape index (κ2) is 6.40. The molecule has 1 aliphatic carbocycles. The van der Waals surface area contributed by atoms with Crippen LogP contribution in [0.25, 0.3) is 5.65 Å². The molecule has 122 valence electrons. The Bertz CT molecular complexity index is 746. The molecule has 0 radical (unpaired) electrons. The monoisotopic (exact) mass is 316 g/mol. The van der Waals surface area contributed by atoms with E-state index >= 15 is 0 Å². The van der Waals surface area contributed by atoms with Crippen LogP contribution in [0.2, 0.25) is 0 Å². The van der Waals surface area contributed by atoms with Crippen molar-refractivity contribution in [2.75, 3.05) is 6.61 Å². The van der Waals surface area contributed by atoms with Crippen molar-refractivity contribution in [1.29, 1.82) is 0 Å². The zero-order valence-electron chi connectivity index (χ0n) is 13.4. The summed E-state index contributed by atoms with van der Waals surface area (Å²) in [5.41, 5.74) is 3.44. The summed E-state index contributed by atoms with van der Waals surface area (Å²) in [6, 6.07) is 2.05. The number of ether oxygens (including phenoxy) is 2. The minimum atomic E-state index is -0.340. The Morgan fingerprint density at radius 2 is 2.09 bits per heavy atom. The first-order valence-corrected chi connectivity index (χ1v) is 7.86. The summed E-state index contributed by atoms with van der Waals surface area (Å²) in [5, 5.41) is 0. The minimum absolute atomic E-state index is 0.134. The Morgan fingerprint density at radius 1 is 1.30 bits per heavy atom. The maximum atomic E-state index is 11.8. The fourth-order valence-electron chi connectivity index (χ4n) is 2.63. The van der Waals surface area contributed by atoms with Crippen molar-refractivity contribution < 1.29 is 19.1 Å². The van der Waals surface area contributed by atoms with Crippen LogP contribution >= 0.6 is 0 Å². The first kappa shape index (κ1) is 15.5. The van der Waals surface area contributed by atoms with Gasteiger partial charge in [-0.3, -0.25) is 9.59 Å². The van der Waals surface area contributed by atoms with Gasteiger partial charge in [0, 0.05) is 24.9 Å². The van der Waals surface area contributed by atoms with Gasteiger partial charge in [0.2, 0.25) is 0 Å². The summed E-state index contributed by atoms with van der Waals surface area (Å²) < 4.78 is 12.0. The Labute approximate surface area is 134 Å². The first-order chi connectivity index (χ1) is 11.1. The van der Waals surface area contributed by atoms with Crippen LogP contribution in [0.3, 0.4) is 0 Å². The van der Waals surface area contributed by atoms with Gasteiger partial charge >= 0.3 is 11.9 Å². The quantitative estimate of drug-likeness (QED) is 0.765. The highest BCUT2D eigenvalue weighted by atomic mass is 16.5. The molecule has 1 saturated carbocycles. The van der Waals surface area contributed by atoms with E-state index < -0.39 is 0 Å². The lowest BCUT2D eigenvalue weighted by Crippen LogP contribution is -2.09. The summed E-state index contributed by atoms with van der Waals surface area (Å²) in [7, 11) is 0. The van der Waals surface area contributed by atoms with Crippen LogP contribution in [-0.2, 0) is 32.1 Å². The topological polar surface area (TPSA) is 69.9 Å². The van der Waals surface area contributed by atoms with E-state index in [4.69, 9.17) is 9.47 Å². The van der Waals surface area contributed by atoms with Crippen molar-refractivity contribution in [3.8, 4) is 0 Å². The average Bonchev–Trinajstić information content (AvgIpc) is 3.25. The van der Waals surface area contributed by atoms with Gasteiger partial charge in [-0.25, -0.2) is 4.98 Å². The summed E-state index contributed by atoms with van der Waals surface area (Å²) in [4.78, 5) is 27.3. The predicted molar refractivity (Wildman–Crippen MR) is 83.0 cm³/mol. The zero-order valence-corrected chi connectivity index (χ0v) is 13.4. The van der Waals surface area contributed by atoms with Crippen LogP contribution in [0.4, 0.5) is 0 Å². The van der Waals surface area contributed by atoms with Crippen LogP contribution in [0.5, 0.6) is 0 Å². The number of carbonyl (C=O) groups is 2. The number of esters is 2. The highest BCUT2D eigenvalue weighted by molar-refractivity contribution is 5.75. The molecule has 2 aromatic heterocycles. The summed E-state index contributed by atoms with van der Waals surface area (Å²) in [6.07, 6.45) is 6.45. The van der Waals surface area contributed by atoms with Gasteiger partial charge < -0.3 is 13.9 Å². The van der Waals surface area contributed by atoms with Crippen molar-refractivity contribution >= 4 is 17.6 Å². The number of hydrogen-bond donors (Lipinski definition) is 0. The summed E-state index contributed by atoms with van der Waals surface area (Å²) >= 11 is 0.